The first-order valence-corrected chi connectivity index (χ1v) is 12.4. The SMILES string of the molecule is O=C(O)C[C@H](NC(=O)N[C@@H](CCCCNC(=O)OCc1ccccc1)C(=O)NCc1cccs1)C(=O)O. The number of ether oxygens (including phenoxy) is 1. The van der Waals surface area contributed by atoms with E-state index in [9.17, 15) is 24.0 Å². The Balaban J connectivity index is 1.82. The standard InChI is InChI=1S/C24H30N4O8S/c29-20(30)13-19(22(32)33)28-23(34)27-18(21(31)26-14-17-9-6-12-37-17)10-4-5-11-25-24(35)36-15-16-7-2-1-3-8-16/h1-3,6-9,12,18-19H,4-5,10-11,13-15H2,(H,25,35)(H,26,31)(H,29,30)(H,32,33)(H2,27,28,34)/t18-,19-/m0/s1. The molecule has 0 saturated carbocycles. The average Bonchev–Trinajstić information content (AvgIpc) is 3.39. The summed E-state index contributed by atoms with van der Waals surface area (Å²) in [6.45, 7) is 0.669. The van der Waals surface area contributed by atoms with E-state index in [0.29, 0.717) is 12.8 Å². The van der Waals surface area contributed by atoms with Gasteiger partial charge in [-0.25, -0.2) is 14.4 Å². The van der Waals surface area contributed by atoms with Crippen LogP contribution in [-0.2, 0) is 32.3 Å². The van der Waals surface area contributed by atoms with Crippen LogP contribution in [0, 0.1) is 0 Å². The van der Waals surface area contributed by atoms with Crippen LogP contribution in [0.25, 0.3) is 0 Å². The number of carbonyl (C=O) groups excluding carboxylic acids is 3. The molecule has 0 aliphatic heterocycles. The molecular formula is C24H30N4O8S. The van der Waals surface area contributed by atoms with E-state index in [4.69, 9.17) is 14.9 Å². The van der Waals surface area contributed by atoms with Crippen molar-refractivity contribution in [3.63, 3.8) is 0 Å². The largest absolute Gasteiger partial charge is 0.481 e. The summed E-state index contributed by atoms with van der Waals surface area (Å²) in [6.07, 6.45) is -0.279. The number of carboxylic acids is 2. The summed E-state index contributed by atoms with van der Waals surface area (Å²) in [5.41, 5.74) is 0.854. The number of carboxylic acid groups (broad SMARTS) is 2. The van der Waals surface area contributed by atoms with Crippen molar-refractivity contribution in [2.75, 3.05) is 6.54 Å². The maximum Gasteiger partial charge on any atom is 0.407 e. The van der Waals surface area contributed by atoms with Gasteiger partial charge in [-0.15, -0.1) is 11.3 Å². The third-order valence-electron chi connectivity index (χ3n) is 5.02. The Morgan fingerprint density at radius 3 is 2.27 bits per heavy atom. The molecule has 0 spiro atoms. The van der Waals surface area contributed by atoms with E-state index in [1.54, 1.807) is 0 Å². The summed E-state index contributed by atoms with van der Waals surface area (Å²) < 4.78 is 5.13. The molecule has 6 N–H and O–H groups in total. The number of hydrogen-bond donors (Lipinski definition) is 6. The smallest absolute Gasteiger partial charge is 0.407 e. The lowest BCUT2D eigenvalue weighted by Gasteiger charge is -2.20. The number of rotatable bonds is 15. The Kier molecular flexibility index (Phi) is 12.4. The number of carbonyl (C=O) groups is 5. The first kappa shape index (κ1) is 29.1. The van der Waals surface area contributed by atoms with Gasteiger partial charge in [0.2, 0.25) is 5.91 Å². The number of hydrogen-bond acceptors (Lipinski definition) is 7. The summed E-state index contributed by atoms with van der Waals surface area (Å²) in [5, 5.41) is 29.6. The molecule has 0 saturated heterocycles. The molecule has 13 heteroatoms. The van der Waals surface area contributed by atoms with Gasteiger partial charge in [0.05, 0.1) is 13.0 Å². The molecule has 12 nitrogen and oxygen atoms in total. The fourth-order valence-electron chi connectivity index (χ4n) is 3.15. The second-order valence-corrected chi connectivity index (χ2v) is 8.97. The van der Waals surface area contributed by atoms with Crippen LogP contribution in [0.3, 0.4) is 0 Å². The van der Waals surface area contributed by atoms with Gasteiger partial charge < -0.3 is 36.2 Å². The van der Waals surface area contributed by atoms with E-state index in [0.717, 1.165) is 10.4 Å². The minimum Gasteiger partial charge on any atom is -0.481 e. The molecule has 0 aliphatic carbocycles. The van der Waals surface area contributed by atoms with Gasteiger partial charge in [0.15, 0.2) is 0 Å². The molecule has 2 atom stereocenters. The molecule has 1 heterocycles. The fourth-order valence-corrected chi connectivity index (χ4v) is 3.79. The maximum atomic E-state index is 12.7. The first-order chi connectivity index (χ1) is 17.7. The van der Waals surface area contributed by atoms with Crippen LogP contribution >= 0.6 is 11.3 Å². The van der Waals surface area contributed by atoms with Gasteiger partial charge >= 0.3 is 24.1 Å². The summed E-state index contributed by atoms with van der Waals surface area (Å²) in [7, 11) is 0. The fraction of sp³-hybridized carbons (Fsp3) is 0.375. The Morgan fingerprint density at radius 2 is 1.62 bits per heavy atom. The monoisotopic (exact) mass is 534 g/mol. The predicted molar refractivity (Wildman–Crippen MR) is 134 cm³/mol. The van der Waals surface area contributed by atoms with Crippen LogP contribution < -0.4 is 21.3 Å². The second-order valence-electron chi connectivity index (χ2n) is 7.94. The van der Waals surface area contributed by atoms with E-state index >= 15 is 0 Å². The lowest BCUT2D eigenvalue weighted by atomic mass is 10.1. The van der Waals surface area contributed by atoms with Crippen LogP contribution in [0.1, 0.15) is 36.1 Å². The molecule has 0 radical (unpaired) electrons. The number of unbranched alkanes of at least 4 members (excludes halogenated alkanes) is 1. The van der Waals surface area contributed by atoms with Gasteiger partial charge in [0.25, 0.3) is 0 Å². The number of aliphatic carboxylic acids is 2. The first-order valence-electron chi connectivity index (χ1n) is 11.5. The highest BCUT2D eigenvalue weighted by Crippen LogP contribution is 2.08. The number of benzene rings is 1. The van der Waals surface area contributed by atoms with E-state index in [1.165, 1.54) is 11.3 Å². The Labute approximate surface area is 217 Å². The molecule has 2 rings (SSSR count). The Morgan fingerprint density at radius 1 is 0.892 bits per heavy atom. The average molecular weight is 535 g/mol. The molecule has 0 unspecified atom stereocenters. The summed E-state index contributed by atoms with van der Waals surface area (Å²) in [6, 6.07) is 9.24. The number of urea groups is 1. The van der Waals surface area contributed by atoms with E-state index in [2.05, 4.69) is 21.3 Å². The molecule has 2 aromatic rings. The predicted octanol–water partition coefficient (Wildman–Crippen LogP) is 2.06. The number of alkyl carbamates (subject to hydrolysis) is 1. The molecule has 37 heavy (non-hydrogen) atoms. The van der Waals surface area contributed by atoms with E-state index in [1.807, 2.05) is 47.8 Å². The quantitative estimate of drug-likeness (QED) is 0.188. The van der Waals surface area contributed by atoms with Crippen LogP contribution in [0.5, 0.6) is 0 Å². The van der Waals surface area contributed by atoms with Crippen molar-refractivity contribution in [1.29, 1.82) is 0 Å². The highest BCUT2D eigenvalue weighted by molar-refractivity contribution is 7.09. The third kappa shape index (κ3) is 11.9. The van der Waals surface area contributed by atoms with Gasteiger partial charge in [-0.2, -0.15) is 0 Å². The van der Waals surface area contributed by atoms with Gasteiger partial charge in [0, 0.05) is 11.4 Å². The maximum absolute atomic E-state index is 12.7. The van der Waals surface area contributed by atoms with Crippen molar-refractivity contribution in [1.82, 2.24) is 21.3 Å². The van der Waals surface area contributed by atoms with Gasteiger partial charge in [-0.05, 0) is 36.3 Å². The van der Waals surface area contributed by atoms with Crippen LogP contribution in [-0.4, -0.2) is 58.8 Å². The van der Waals surface area contributed by atoms with Crippen molar-refractivity contribution < 1.29 is 38.9 Å². The lowest BCUT2D eigenvalue weighted by molar-refractivity contribution is -0.145. The summed E-state index contributed by atoms with van der Waals surface area (Å²) in [4.78, 5) is 59.9. The second kappa shape index (κ2) is 15.8. The van der Waals surface area contributed by atoms with Crippen LogP contribution in [0.15, 0.2) is 47.8 Å². The highest BCUT2D eigenvalue weighted by atomic mass is 32.1. The molecule has 1 aromatic carbocycles. The molecule has 0 aliphatic rings. The molecule has 200 valence electrons. The zero-order valence-corrected chi connectivity index (χ0v) is 20.8. The molecule has 0 fully saturated rings. The molecule has 0 bridgehead atoms. The van der Waals surface area contributed by atoms with Crippen LogP contribution in [0.4, 0.5) is 9.59 Å². The Bertz CT molecular complexity index is 1030. The highest BCUT2D eigenvalue weighted by Gasteiger charge is 2.26. The number of thiophene rings is 1. The van der Waals surface area contributed by atoms with Crippen molar-refractivity contribution >= 4 is 41.3 Å². The van der Waals surface area contributed by atoms with Crippen molar-refractivity contribution in [3.8, 4) is 0 Å². The van der Waals surface area contributed by atoms with Gasteiger partial charge in [-0.1, -0.05) is 36.4 Å². The van der Waals surface area contributed by atoms with Crippen molar-refractivity contribution in [2.24, 2.45) is 0 Å². The van der Waals surface area contributed by atoms with Gasteiger partial charge in [0.1, 0.15) is 18.7 Å². The normalized spacial score (nSPS) is 12.0. The van der Waals surface area contributed by atoms with Crippen molar-refractivity contribution in [3.05, 3.63) is 58.3 Å². The topological polar surface area (TPSA) is 183 Å². The number of amides is 4. The van der Waals surface area contributed by atoms with Crippen LogP contribution in [0.2, 0.25) is 0 Å². The summed E-state index contributed by atoms with van der Waals surface area (Å²) >= 11 is 1.45. The minimum atomic E-state index is -1.65. The summed E-state index contributed by atoms with van der Waals surface area (Å²) in [5.74, 6) is -3.39. The third-order valence-corrected chi connectivity index (χ3v) is 5.90. The number of nitrogens with one attached hydrogen (secondary N) is 4. The van der Waals surface area contributed by atoms with E-state index in [-0.39, 0.29) is 26.1 Å². The molecular weight excluding hydrogens is 504 g/mol. The van der Waals surface area contributed by atoms with Crippen molar-refractivity contribution in [2.45, 2.75) is 50.9 Å². The zero-order chi connectivity index (χ0) is 27.0. The lowest BCUT2D eigenvalue weighted by Crippen LogP contribution is -2.53. The Hall–Kier alpha value is -4.13. The van der Waals surface area contributed by atoms with E-state index < -0.39 is 48.5 Å². The molecule has 4 amide bonds. The zero-order valence-electron chi connectivity index (χ0n) is 20.0. The van der Waals surface area contributed by atoms with Gasteiger partial charge in [-0.3, -0.25) is 9.59 Å². The molecule has 1 aromatic heterocycles. The minimum absolute atomic E-state index is 0.136.